The van der Waals surface area contributed by atoms with Crippen LogP contribution in [0.1, 0.15) is 33.1 Å². The van der Waals surface area contributed by atoms with E-state index in [-0.39, 0.29) is 19.1 Å². The van der Waals surface area contributed by atoms with Gasteiger partial charge in [0, 0.05) is 13.2 Å². The monoisotopic (exact) mass is 160 g/mol. The molecule has 0 aromatic rings. The van der Waals surface area contributed by atoms with Crippen LogP contribution < -0.4 is 0 Å². The molecular formula is C9H20O2. The molecule has 0 saturated carbocycles. The zero-order valence-electron chi connectivity index (χ0n) is 7.58. The number of aliphatic hydroxyl groups is 2. The van der Waals surface area contributed by atoms with Crippen LogP contribution in [0.3, 0.4) is 0 Å². The standard InChI is InChI=1S/C9H20O2/c1-3-4-5-9(7-11)8(2)6-10/h8-11H,3-7H2,1-2H3. The van der Waals surface area contributed by atoms with E-state index in [0.29, 0.717) is 5.92 Å². The van der Waals surface area contributed by atoms with Crippen LogP contribution in [0.4, 0.5) is 0 Å². The van der Waals surface area contributed by atoms with Gasteiger partial charge < -0.3 is 10.2 Å². The highest BCUT2D eigenvalue weighted by atomic mass is 16.3. The van der Waals surface area contributed by atoms with Gasteiger partial charge in [-0.05, 0) is 18.3 Å². The molecular weight excluding hydrogens is 140 g/mol. The molecule has 2 atom stereocenters. The molecule has 2 N–H and O–H groups in total. The molecule has 0 spiro atoms. The van der Waals surface area contributed by atoms with Crippen LogP contribution in [0, 0.1) is 11.8 Å². The van der Waals surface area contributed by atoms with Gasteiger partial charge >= 0.3 is 0 Å². The molecule has 0 aliphatic carbocycles. The largest absolute Gasteiger partial charge is 0.396 e. The van der Waals surface area contributed by atoms with Crippen molar-refractivity contribution in [2.45, 2.75) is 33.1 Å². The Balaban J connectivity index is 3.56. The van der Waals surface area contributed by atoms with Crippen LogP contribution in [0.15, 0.2) is 0 Å². The maximum atomic E-state index is 8.94. The summed E-state index contributed by atoms with van der Waals surface area (Å²) in [7, 11) is 0. The van der Waals surface area contributed by atoms with Crippen molar-refractivity contribution < 1.29 is 10.2 Å². The first-order chi connectivity index (χ1) is 5.26. The van der Waals surface area contributed by atoms with Crippen molar-refractivity contribution in [3.63, 3.8) is 0 Å². The van der Waals surface area contributed by atoms with E-state index in [9.17, 15) is 0 Å². The van der Waals surface area contributed by atoms with Gasteiger partial charge in [-0.25, -0.2) is 0 Å². The van der Waals surface area contributed by atoms with Crippen LogP contribution in [-0.4, -0.2) is 23.4 Å². The SMILES string of the molecule is CCCCC(CO)C(C)CO. The van der Waals surface area contributed by atoms with Crippen LogP contribution in [-0.2, 0) is 0 Å². The lowest BCUT2D eigenvalue weighted by Gasteiger charge is -2.19. The highest BCUT2D eigenvalue weighted by Crippen LogP contribution is 2.17. The Kier molecular flexibility index (Phi) is 6.57. The minimum atomic E-state index is 0.189. The van der Waals surface area contributed by atoms with Crippen molar-refractivity contribution in [2.75, 3.05) is 13.2 Å². The summed E-state index contributed by atoms with van der Waals surface area (Å²) in [6.07, 6.45) is 3.35. The van der Waals surface area contributed by atoms with E-state index >= 15 is 0 Å². The van der Waals surface area contributed by atoms with Crippen molar-refractivity contribution >= 4 is 0 Å². The average molecular weight is 160 g/mol. The predicted molar refractivity (Wildman–Crippen MR) is 46.4 cm³/mol. The average Bonchev–Trinajstić information content (AvgIpc) is 2.05. The maximum Gasteiger partial charge on any atom is 0.0462 e. The van der Waals surface area contributed by atoms with Gasteiger partial charge in [-0.2, -0.15) is 0 Å². The summed E-state index contributed by atoms with van der Waals surface area (Å²) in [6.45, 7) is 4.52. The second kappa shape index (κ2) is 6.62. The molecule has 0 aliphatic heterocycles. The highest BCUT2D eigenvalue weighted by Gasteiger charge is 2.14. The topological polar surface area (TPSA) is 40.5 Å². The van der Waals surface area contributed by atoms with Crippen molar-refractivity contribution in [2.24, 2.45) is 11.8 Å². The van der Waals surface area contributed by atoms with Gasteiger partial charge in [-0.3, -0.25) is 0 Å². The third-order valence-electron chi connectivity index (χ3n) is 2.26. The maximum absolute atomic E-state index is 8.94. The molecule has 0 heterocycles. The van der Waals surface area contributed by atoms with Crippen LogP contribution >= 0.6 is 0 Å². The lowest BCUT2D eigenvalue weighted by molar-refractivity contribution is 0.123. The zero-order chi connectivity index (χ0) is 8.69. The molecule has 0 amide bonds. The summed E-state index contributed by atoms with van der Waals surface area (Å²) in [5, 5.41) is 17.8. The van der Waals surface area contributed by atoms with Crippen molar-refractivity contribution in [3.05, 3.63) is 0 Å². The fourth-order valence-electron chi connectivity index (χ4n) is 1.17. The summed E-state index contributed by atoms with van der Waals surface area (Å²) < 4.78 is 0. The molecule has 0 fully saturated rings. The fourth-order valence-corrected chi connectivity index (χ4v) is 1.17. The van der Waals surface area contributed by atoms with Crippen molar-refractivity contribution in [3.8, 4) is 0 Å². The number of rotatable bonds is 6. The molecule has 2 unspecified atom stereocenters. The zero-order valence-corrected chi connectivity index (χ0v) is 7.58. The van der Waals surface area contributed by atoms with E-state index in [2.05, 4.69) is 6.92 Å². The van der Waals surface area contributed by atoms with E-state index < -0.39 is 0 Å². The number of unbranched alkanes of at least 4 members (excludes halogenated alkanes) is 1. The Labute approximate surface area is 69.2 Å². The molecule has 0 aromatic heterocycles. The molecule has 0 aliphatic rings. The highest BCUT2D eigenvalue weighted by molar-refractivity contribution is 4.64. The number of hydrogen-bond donors (Lipinski definition) is 2. The van der Waals surface area contributed by atoms with Gasteiger partial charge in [0.2, 0.25) is 0 Å². The van der Waals surface area contributed by atoms with Crippen LogP contribution in [0.2, 0.25) is 0 Å². The van der Waals surface area contributed by atoms with Crippen molar-refractivity contribution in [1.82, 2.24) is 0 Å². The van der Waals surface area contributed by atoms with Crippen LogP contribution in [0.5, 0.6) is 0 Å². The first-order valence-corrected chi connectivity index (χ1v) is 4.47. The Morgan fingerprint density at radius 2 is 1.82 bits per heavy atom. The normalized spacial score (nSPS) is 16.4. The van der Waals surface area contributed by atoms with Gasteiger partial charge in [0.1, 0.15) is 0 Å². The summed E-state index contributed by atoms with van der Waals surface area (Å²) in [5.74, 6) is 0.534. The number of aliphatic hydroxyl groups excluding tert-OH is 2. The predicted octanol–water partition coefficient (Wildman–Crippen LogP) is 1.41. The summed E-state index contributed by atoms with van der Waals surface area (Å²) in [4.78, 5) is 0. The summed E-state index contributed by atoms with van der Waals surface area (Å²) >= 11 is 0. The first kappa shape index (κ1) is 10.9. The van der Waals surface area contributed by atoms with Gasteiger partial charge in [0.05, 0.1) is 0 Å². The molecule has 2 heteroatoms. The molecule has 11 heavy (non-hydrogen) atoms. The Morgan fingerprint density at radius 3 is 2.18 bits per heavy atom. The second-order valence-corrected chi connectivity index (χ2v) is 3.24. The van der Waals surface area contributed by atoms with E-state index in [0.717, 1.165) is 19.3 Å². The minimum absolute atomic E-state index is 0.189. The molecule has 0 saturated heterocycles. The Morgan fingerprint density at radius 1 is 1.18 bits per heavy atom. The summed E-state index contributed by atoms with van der Waals surface area (Å²) in [5.41, 5.74) is 0. The van der Waals surface area contributed by atoms with E-state index in [1.807, 2.05) is 6.92 Å². The fraction of sp³-hybridized carbons (Fsp3) is 1.00. The van der Waals surface area contributed by atoms with Gasteiger partial charge in [-0.15, -0.1) is 0 Å². The van der Waals surface area contributed by atoms with E-state index in [1.165, 1.54) is 0 Å². The lowest BCUT2D eigenvalue weighted by Crippen LogP contribution is -2.18. The first-order valence-electron chi connectivity index (χ1n) is 4.47. The molecule has 0 radical (unpaired) electrons. The Bertz CT molecular complexity index is 83.6. The molecule has 0 aromatic carbocycles. The van der Waals surface area contributed by atoms with Gasteiger partial charge in [0.25, 0.3) is 0 Å². The Hall–Kier alpha value is -0.0800. The molecule has 0 bridgehead atoms. The third kappa shape index (κ3) is 4.38. The molecule has 2 nitrogen and oxygen atoms in total. The molecule has 0 rings (SSSR count). The van der Waals surface area contributed by atoms with Gasteiger partial charge in [-0.1, -0.05) is 26.7 Å². The van der Waals surface area contributed by atoms with Crippen LogP contribution in [0.25, 0.3) is 0 Å². The van der Waals surface area contributed by atoms with Gasteiger partial charge in [0.15, 0.2) is 0 Å². The molecule has 68 valence electrons. The lowest BCUT2D eigenvalue weighted by atomic mass is 9.91. The van der Waals surface area contributed by atoms with Crippen molar-refractivity contribution in [1.29, 1.82) is 0 Å². The van der Waals surface area contributed by atoms with E-state index in [4.69, 9.17) is 10.2 Å². The minimum Gasteiger partial charge on any atom is -0.396 e. The second-order valence-electron chi connectivity index (χ2n) is 3.24. The quantitative estimate of drug-likeness (QED) is 0.617. The smallest absolute Gasteiger partial charge is 0.0462 e. The third-order valence-corrected chi connectivity index (χ3v) is 2.26. The van der Waals surface area contributed by atoms with E-state index in [1.54, 1.807) is 0 Å². The summed E-state index contributed by atoms with van der Waals surface area (Å²) in [6, 6.07) is 0. The number of hydrogen-bond acceptors (Lipinski definition) is 2.